The first-order valence-corrected chi connectivity index (χ1v) is 8.12. The molecule has 25 heavy (non-hydrogen) atoms. The Bertz CT molecular complexity index is 1040. The van der Waals surface area contributed by atoms with Gasteiger partial charge in [-0.3, -0.25) is 14.3 Å². The van der Waals surface area contributed by atoms with Crippen LogP contribution in [-0.4, -0.2) is 9.55 Å². The minimum absolute atomic E-state index is 0.0550. The van der Waals surface area contributed by atoms with Crippen molar-refractivity contribution >= 4 is 0 Å². The molecule has 0 unspecified atom stereocenters. The van der Waals surface area contributed by atoms with Crippen LogP contribution in [0.3, 0.4) is 0 Å². The number of rotatable bonds is 3. The standard InChI is InChI=1S/C22H16N2O/c25-22-21(17-9-3-1-4-10-17)19(20-13-7-8-15-23-20)14-16-24(22)18-11-5-2-6-12-18/h1-16H. The fraction of sp³-hybridized carbons (Fsp3) is 0. The quantitative estimate of drug-likeness (QED) is 0.553. The molecule has 2 aromatic carbocycles. The maximum absolute atomic E-state index is 13.3. The lowest BCUT2D eigenvalue weighted by Crippen LogP contribution is -2.20. The van der Waals surface area contributed by atoms with Crippen LogP contribution in [0.5, 0.6) is 0 Å². The summed E-state index contributed by atoms with van der Waals surface area (Å²) in [4.78, 5) is 17.7. The summed E-state index contributed by atoms with van der Waals surface area (Å²) in [6.45, 7) is 0. The molecule has 0 aliphatic carbocycles. The molecule has 0 saturated heterocycles. The minimum atomic E-state index is -0.0550. The van der Waals surface area contributed by atoms with Crippen LogP contribution >= 0.6 is 0 Å². The summed E-state index contributed by atoms with van der Waals surface area (Å²) in [5.74, 6) is 0. The summed E-state index contributed by atoms with van der Waals surface area (Å²) < 4.78 is 1.68. The van der Waals surface area contributed by atoms with Crippen molar-refractivity contribution < 1.29 is 0 Å². The Labute approximate surface area is 145 Å². The van der Waals surface area contributed by atoms with Gasteiger partial charge in [-0.15, -0.1) is 0 Å². The van der Waals surface area contributed by atoms with Crippen LogP contribution in [0.1, 0.15) is 0 Å². The minimum Gasteiger partial charge on any atom is -0.284 e. The van der Waals surface area contributed by atoms with Gasteiger partial charge in [0.2, 0.25) is 0 Å². The maximum atomic E-state index is 13.3. The molecule has 3 nitrogen and oxygen atoms in total. The van der Waals surface area contributed by atoms with E-state index < -0.39 is 0 Å². The van der Waals surface area contributed by atoms with Crippen molar-refractivity contribution in [2.45, 2.75) is 0 Å². The summed E-state index contributed by atoms with van der Waals surface area (Å²) in [7, 11) is 0. The first-order chi connectivity index (χ1) is 12.3. The normalized spacial score (nSPS) is 10.6. The molecule has 0 atom stereocenters. The molecule has 0 fully saturated rings. The highest BCUT2D eigenvalue weighted by Gasteiger charge is 2.15. The van der Waals surface area contributed by atoms with Gasteiger partial charge in [-0.05, 0) is 35.9 Å². The van der Waals surface area contributed by atoms with Gasteiger partial charge in [0.05, 0.1) is 11.3 Å². The van der Waals surface area contributed by atoms with Crippen molar-refractivity contribution in [2.24, 2.45) is 0 Å². The predicted molar refractivity (Wildman–Crippen MR) is 101 cm³/mol. The highest BCUT2D eigenvalue weighted by atomic mass is 16.1. The SMILES string of the molecule is O=c1c(-c2ccccc2)c(-c2ccccn2)ccn1-c1ccccc1. The van der Waals surface area contributed by atoms with E-state index in [2.05, 4.69) is 4.98 Å². The van der Waals surface area contributed by atoms with Gasteiger partial charge in [-0.2, -0.15) is 0 Å². The van der Waals surface area contributed by atoms with Gasteiger partial charge in [0, 0.05) is 23.6 Å². The third-order valence-corrected chi connectivity index (χ3v) is 4.13. The van der Waals surface area contributed by atoms with Crippen LogP contribution in [0.4, 0.5) is 0 Å². The van der Waals surface area contributed by atoms with E-state index in [9.17, 15) is 4.79 Å². The van der Waals surface area contributed by atoms with E-state index in [4.69, 9.17) is 0 Å². The van der Waals surface area contributed by atoms with Crippen LogP contribution in [-0.2, 0) is 0 Å². The molecule has 0 amide bonds. The van der Waals surface area contributed by atoms with Gasteiger partial charge in [0.1, 0.15) is 0 Å². The number of para-hydroxylation sites is 1. The monoisotopic (exact) mass is 324 g/mol. The summed E-state index contributed by atoms with van der Waals surface area (Å²) in [6, 6.07) is 27.1. The zero-order valence-electron chi connectivity index (χ0n) is 13.5. The molecule has 4 rings (SSSR count). The molecule has 0 aliphatic heterocycles. The predicted octanol–water partition coefficient (Wildman–Crippen LogP) is 4.57. The zero-order chi connectivity index (χ0) is 17.1. The lowest BCUT2D eigenvalue weighted by Gasteiger charge is -2.13. The Balaban J connectivity index is 2.01. The smallest absolute Gasteiger partial charge is 0.263 e. The van der Waals surface area contributed by atoms with E-state index in [1.54, 1.807) is 10.8 Å². The molecular formula is C22H16N2O. The van der Waals surface area contributed by atoms with E-state index in [-0.39, 0.29) is 5.56 Å². The average Bonchev–Trinajstić information content (AvgIpc) is 2.70. The fourth-order valence-corrected chi connectivity index (χ4v) is 2.95. The maximum Gasteiger partial charge on any atom is 0.263 e. The zero-order valence-corrected chi connectivity index (χ0v) is 13.5. The first-order valence-electron chi connectivity index (χ1n) is 8.12. The number of benzene rings is 2. The number of nitrogens with zero attached hydrogens (tertiary/aromatic N) is 2. The van der Waals surface area contributed by atoms with E-state index in [1.807, 2.05) is 91.1 Å². The molecule has 0 saturated carbocycles. The third-order valence-electron chi connectivity index (χ3n) is 4.13. The van der Waals surface area contributed by atoms with Gasteiger partial charge in [-0.1, -0.05) is 54.6 Å². The number of pyridine rings is 2. The Morgan fingerprint density at radius 1 is 0.720 bits per heavy atom. The Morgan fingerprint density at radius 2 is 1.40 bits per heavy atom. The lowest BCUT2D eigenvalue weighted by atomic mass is 9.99. The van der Waals surface area contributed by atoms with Crippen molar-refractivity contribution in [3.63, 3.8) is 0 Å². The summed E-state index contributed by atoms with van der Waals surface area (Å²) in [5.41, 5.74) is 3.96. The van der Waals surface area contributed by atoms with Crippen LogP contribution in [0.2, 0.25) is 0 Å². The highest BCUT2D eigenvalue weighted by molar-refractivity contribution is 5.81. The van der Waals surface area contributed by atoms with Crippen LogP contribution < -0.4 is 5.56 Å². The van der Waals surface area contributed by atoms with Crippen LogP contribution in [0, 0.1) is 0 Å². The van der Waals surface area contributed by atoms with Crippen molar-refractivity contribution in [3.8, 4) is 28.1 Å². The Hall–Kier alpha value is -3.46. The van der Waals surface area contributed by atoms with Crippen molar-refractivity contribution in [1.82, 2.24) is 9.55 Å². The van der Waals surface area contributed by atoms with Crippen molar-refractivity contribution in [2.75, 3.05) is 0 Å². The molecule has 0 spiro atoms. The summed E-state index contributed by atoms with van der Waals surface area (Å²) >= 11 is 0. The van der Waals surface area contributed by atoms with Gasteiger partial charge in [0.15, 0.2) is 0 Å². The first kappa shape index (κ1) is 15.1. The molecule has 4 aromatic rings. The van der Waals surface area contributed by atoms with E-state index in [0.717, 1.165) is 22.5 Å². The van der Waals surface area contributed by atoms with Crippen LogP contribution in [0.15, 0.2) is 102 Å². The second kappa shape index (κ2) is 6.57. The van der Waals surface area contributed by atoms with E-state index >= 15 is 0 Å². The van der Waals surface area contributed by atoms with Crippen molar-refractivity contribution in [3.05, 3.63) is 108 Å². The second-order valence-electron chi connectivity index (χ2n) is 5.70. The molecule has 0 bridgehead atoms. The van der Waals surface area contributed by atoms with E-state index in [0.29, 0.717) is 5.56 Å². The topological polar surface area (TPSA) is 34.9 Å². The molecule has 2 aromatic heterocycles. The number of hydrogen-bond donors (Lipinski definition) is 0. The van der Waals surface area contributed by atoms with Crippen LogP contribution in [0.25, 0.3) is 28.1 Å². The summed E-state index contributed by atoms with van der Waals surface area (Å²) in [6.07, 6.45) is 3.56. The van der Waals surface area contributed by atoms with E-state index in [1.165, 1.54) is 0 Å². The third kappa shape index (κ3) is 2.88. The second-order valence-corrected chi connectivity index (χ2v) is 5.70. The Kier molecular flexibility index (Phi) is 3.97. The lowest BCUT2D eigenvalue weighted by molar-refractivity contribution is 0.993. The highest BCUT2D eigenvalue weighted by Crippen LogP contribution is 2.28. The Morgan fingerprint density at radius 3 is 2.08 bits per heavy atom. The average molecular weight is 324 g/mol. The molecule has 0 radical (unpaired) electrons. The molecule has 2 heterocycles. The van der Waals surface area contributed by atoms with Gasteiger partial charge < -0.3 is 0 Å². The molecule has 3 heteroatoms. The van der Waals surface area contributed by atoms with Gasteiger partial charge >= 0.3 is 0 Å². The number of aromatic nitrogens is 2. The largest absolute Gasteiger partial charge is 0.284 e. The fourth-order valence-electron chi connectivity index (χ4n) is 2.95. The summed E-state index contributed by atoms with van der Waals surface area (Å²) in [5, 5.41) is 0. The molecule has 0 aliphatic rings. The van der Waals surface area contributed by atoms with Crippen molar-refractivity contribution in [1.29, 1.82) is 0 Å². The molecule has 0 N–H and O–H groups in total. The van der Waals surface area contributed by atoms with Gasteiger partial charge in [0.25, 0.3) is 5.56 Å². The van der Waals surface area contributed by atoms with Gasteiger partial charge in [-0.25, -0.2) is 0 Å². The molecule has 120 valence electrons. The number of hydrogen-bond acceptors (Lipinski definition) is 2. The molecular weight excluding hydrogens is 308 g/mol.